The first-order chi connectivity index (χ1) is 20.6. The summed E-state index contributed by atoms with van der Waals surface area (Å²) in [6.45, 7) is 2.69. The third-order valence-corrected chi connectivity index (χ3v) is 9.29. The van der Waals surface area contributed by atoms with Gasteiger partial charge in [-0.2, -0.15) is 0 Å². The molecule has 1 aromatic heterocycles. The Morgan fingerprint density at radius 3 is 2.58 bits per heavy atom. The Morgan fingerprint density at radius 2 is 1.88 bits per heavy atom. The molecular formula is C34H37F3N2O4. The fourth-order valence-corrected chi connectivity index (χ4v) is 6.63. The highest BCUT2D eigenvalue weighted by atomic mass is 19.3. The maximum absolute atomic E-state index is 15.1. The molecule has 2 aliphatic heterocycles. The number of carboxylic acid groups (broad SMARTS) is 1. The third-order valence-electron chi connectivity index (χ3n) is 9.29. The highest BCUT2D eigenvalue weighted by Gasteiger charge is 2.39. The van der Waals surface area contributed by atoms with Crippen LogP contribution in [0.15, 0.2) is 48.7 Å². The summed E-state index contributed by atoms with van der Waals surface area (Å²) < 4.78 is 54.6. The predicted octanol–water partition coefficient (Wildman–Crippen LogP) is 7.41. The van der Waals surface area contributed by atoms with E-state index in [1.165, 1.54) is 7.11 Å². The largest absolute Gasteiger partial charge is 0.485 e. The van der Waals surface area contributed by atoms with Crippen LogP contribution in [0, 0.1) is 17.7 Å². The molecule has 6 nitrogen and oxygen atoms in total. The number of aryl methyl sites for hydroxylation is 1. The number of pyridine rings is 1. The van der Waals surface area contributed by atoms with Crippen LogP contribution in [-0.4, -0.2) is 47.1 Å². The molecule has 0 amide bonds. The number of benzene rings is 2. The van der Waals surface area contributed by atoms with E-state index >= 15 is 4.39 Å². The summed E-state index contributed by atoms with van der Waals surface area (Å²) in [4.78, 5) is 17.8. The van der Waals surface area contributed by atoms with Crippen LogP contribution < -0.4 is 9.47 Å². The van der Waals surface area contributed by atoms with E-state index in [4.69, 9.17) is 9.47 Å². The van der Waals surface area contributed by atoms with E-state index in [1.54, 1.807) is 13.0 Å². The number of aliphatic carboxylic acids is 1. The van der Waals surface area contributed by atoms with Gasteiger partial charge in [-0.1, -0.05) is 37.3 Å². The van der Waals surface area contributed by atoms with Crippen molar-refractivity contribution >= 4 is 5.97 Å². The number of ether oxygens (including phenoxy) is 2. The van der Waals surface area contributed by atoms with E-state index < -0.39 is 23.6 Å². The zero-order chi connectivity index (χ0) is 30.3. The molecule has 3 heterocycles. The van der Waals surface area contributed by atoms with Crippen molar-refractivity contribution in [1.29, 1.82) is 0 Å². The van der Waals surface area contributed by atoms with Crippen molar-refractivity contribution in [2.24, 2.45) is 11.8 Å². The fourth-order valence-electron chi connectivity index (χ4n) is 6.63. The predicted molar refractivity (Wildman–Crippen MR) is 156 cm³/mol. The number of fused-ring (bicyclic) bond motifs is 1. The molecule has 3 aliphatic rings. The van der Waals surface area contributed by atoms with Gasteiger partial charge in [0.15, 0.2) is 0 Å². The maximum Gasteiger partial charge on any atom is 0.306 e. The van der Waals surface area contributed by atoms with Crippen LogP contribution in [0.25, 0.3) is 11.1 Å². The molecular weight excluding hydrogens is 557 g/mol. The van der Waals surface area contributed by atoms with E-state index in [1.807, 2.05) is 29.2 Å². The van der Waals surface area contributed by atoms with E-state index in [-0.39, 0.29) is 43.8 Å². The van der Waals surface area contributed by atoms with Crippen LogP contribution in [0.2, 0.25) is 0 Å². The number of nitrogens with zero attached hydrogens (tertiary/aromatic N) is 2. The van der Waals surface area contributed by atoms with Crippen molar-refractivity contribution in [2.75, 3.05) is 20.2 Å². The molecule has 0 radical (unpaired) electrons. The highest BCUT2D eigenvalue weighted by Crippen LogP contribution is 2.48. The number of piperidine rings is 1. The third kappa shape index (κ3) is 6.37. The Morgan fingerprint density at radius 1 is 1.12 bits per heavy atom. The number of carbonyl (C=O) groups is 1. The standard InChI is InChI=1S/C34H37F3N2O4/c1-20(33(40)41)32(22-4-5-22)24-6-3-21-8-10-29(43-30(21)16-24)23-7-9-26(27-17-31(42-2)38-18-28(27)35)25(15-23)19-39-13-11-34(36,37)12-14-39/h3,6-7,9,15-18,20,22,29,32H,4-5,8,10-14,19H2,1-2H3,(H,40,41)/t20-,29?,32-/m0/s1. The molecule has 6 rings (SSSR count). The van der Waals surface area contributed by atoms with Gasteiger partial charge in [0, 0.05) is 44.1 Å². The van der Waals surface area contributed by atoms with Gasteiger partial charge in [-0.3, -0.25) is 9.69 Å². The molecule has 2 aromatic carbocycles. The smallest absolute Gasteiger partial charge is 0.306 e. The number of methoxy groups -OCH3 is 1. The summed E-state index contributed by atoms with van der Waals surface area (Å²) in [6.07, 6.45) is 4.10. The van der Waals surface area contributed by atoms with Crippen LogP contribution in [0.3, 0.4) is 0 Å². The molecule has 0 bridgehead atoms. The van der Waals surface area contributed by atoms with Crippen LogP contribution in [0.5, 0.6) is 11.6 Å². The Balaban J connectivity index is 1.31. The first kappa shape index (κ1) is 29.5. The van der Waals surface area contributed by atoms with Crippen LogP contribution >= 0.6 is 0 Å². The van der Waals surface area contributed by atoms with Gasteiger partial charge >= 0.3 is 5.97 Å². The minimum atomic E-state index is -2.66. The Hall–Kier alpha value is -3.59. The number of hydrogen-bond acceptors (Lipinski definition) is 5. The molecule has 1 N–H and O–H groups in total. The summed E-state index contributed by atoms with van der Waals surface area (Å²) in [7, 11) is 1.47. The van der Waals surface area contributed by atoms with E-state index in [9.17, 15) is 18.7 Å². The molecule has 1 aliphatic carbocycles. The summed E-state index contributed by atoms with van der Waals surface area (Å²) in [6, 6.07) is 13.5. The maximum atomic E-state index is 15.1. The molecule has 1 unspecified atom stereocenters. The molecule has 1 saturated carbocycles. The molecule has 43 heavy (non-hydrogen) atoms. The topological polar surface area (TPSA) is 71.9 Å². The minimum absolute atomic E-state index is 0.0539. The van der Waals surface area contributed by atoms with Gasteiger partial charge in [0.1, 0.15) is 17.7 Å². The van der Waals surface area contributed by atoms with Gasteiger partial charge in [0.25, 0.3) is 5.92 Å². The Labute approximate surface area is 249 Å². The average Bonchev–Trinajstić information content (AvgIpc) is 3.83. The second-order valence-corrected chi connectivity index (χ2v) is 12.3. The van der Waals surface area contributed by atoms with Crippen LogP contribution in [-0.2, 0) is 17.8 Å². The van der Waals surface area contributed by atoms with Crippen LogP contribution in [0.4, 0.5) is 13.2 Å². The van der Waals surface area contributed by atoms with Crippen molar-refractivity contribution in [2.45, 2.75) is 69.9 Å². The second kappa shape index (κ2) is 11.8. The van der Waals surface area contributed by atoms with Gasteiger partial charge in [0.05, 0.1) is 19.2 Å². The fraction of sp³-hybridized carbons (Fsp3) is 0.471. The molecule has 3 aromatic rings. The van der Waals surface area contributed by atoms with Gasteiger partial charge in [-0.15, -0.1) is 0 Å². The number of aromatic nitrogens is 1. The highest BCUT2D eigenvalue weighted by molar-refractivity contribution is 5.71. The minimum Gasteiger partial charge on any atom is -0.485 e. The molecule has 3 atom stereocenters. The molecule has 228 valence electrons. The lowest BCUT2D eigenvalue weighted by molar-refractivity contribution is -0.142. The average molecular weight is 595 g/mol. The lowest BCUT2D eigenvalue weighted by Gasteiger charge is -2.33. The van der Waals surface area contributed by atoms with Crippen molar-refractivity contribution < 1.29 is 32.5 Å². The normalized spacial score (nSPS) is 21.4. The lowest BCUT2D eigenvalue weighted by atomic mass is 9.82. The summed E-state index contributed by atoms with van der Waals surface area (Å²) in [5, 5.41) is 9.73. The summed E-state index contributed by atoms with van der Waals surface area (Å²) >= 11 is 0. The number of rotatable bonds is 9. The Bertz CT molecular complexity index is 1500. The lowest BCUT2D eigenvalue weighted by Crippen LogP contribution is -2.38. The van der Waals surface area contributed by atoms with Gasteiger partial charge in [-0.25, -0.2) is 18.2 Å². The van der Waals surface area contributed by atoms with Gasteiger partial charge < -0.3 is 14.6 Å². The zero-order valence-corrected chi connectivity index (χ0v) is 24.5. The van der Waals surface area contributed by atoms with Gasteiger partial charge in [-0.05, 0) is 71.4 Å². The quantitative estimate of drug-likeness (QED) is 0.278. The molecule has 9 heteroatoms. The first-order valence-electron chi connectivity index (χ1n) is 15.1. The summed E-state index contributed by atoms with van der Waals surface area (Å²) in [5.74, 6) is -3.05. The monoisotopic (exact) mass is 594 g/mol. The number of hydrogen-bond donors (Lipinski definition) is 1. The first-order valence-corrected chi connectivity index (χ1v) is 15.1. The number of likely N-dealkylation sites (tertiary alicyclic amines) is 1. The Kier molecular flexibility index (Phi) is 8.11. The molecule has 0 spiro atoms. The molecule has 1 saturated heterocycles. The van der Waals surface area contributed by atoms with Crippen molar-refractivity contribution in [3.8, 4) is 22.8 Å². The summed E-state index contributed by atoms with van der Waals surface area (Å²) in [5.41, 5.74) is 4.84. The van der Waals surface area contributed by atoms with Gasteiger partial charge in [0.2, 0.25) is 5.88 Å². The SMILES string of the molecule is COc1cc(-c2ccc(C3CCc4ccc([C@H](C5CC5)[C@H](C)C(=O)O)cc4O3)cc2CN2CCC(F)(F)CC2)c(F)cn1. The number of halogens is 3. The number of alkyl halides is 2. The molecule has 2 fully saturated rings. The van der Waals surface area contributed by atoms with E-state index in [0.717, 1.165) is 59.9 Å². The van der Waals surface area contributed by atoms with E-state index in [2.05, 4.69) is 17.1 Å². The van der Waals surface area contributed by atoms with Crippen LogP contribution in [0.1, 0.15) is 73.3 Å². The number of carboxylic acids is 1. The van der Waals surface area contributed by atoms with Crippen molar-refractivity contribution in [3.63, 3.8) is 0 Å². The van der Waals surface area contributed by atoms with E-state index in [0.29, 0.717) is 23.6 Å². The zero-order valence-electron chi connectivity index (χ0n) is 24.5. The van der Waals surface area contributed by atoms with Crippen molar-refractivity contribution in [3.05, 3.63) is 76.7 Å². The van der Waals surface area contributed by atoms with Crippen molar-refractivity contribution in [1.82, 2.24) is 9.88 Å². The second-order valence-electron chi connectivity index (χ2n) is 12.3.